The summed E-state index contributed by atoms with van der Waals surface area (Å²) in [6.45, 7) is 2.72. The van der Waals surface area contributed by atoms with Gasteiger partial charge in [-0.3, -0.25) is 9.78 Å². The van der Waals surface area contributed by atoms with Crippen LogP contribution in [0.15, 0.2) is 39.8 Å². The van der Waals surface area contributed by atoms with Crippen molar-refractivity contribution < 1.29 is 14.0 Å². The Morgan fingerprint density at radius 2 is 2.21 bits per heavy atom. The average molecular weight is 397 g/mol. The molecular formula is C20H23N5O4. The molecule has 1 N–H and O–H groups in total. The topological polar surface area (TPSA) is 104 Å². The first-order chi connectivity index (χ1) is 14.0. The molecule has 0 radical (unpaired) electrons. The monoisotopic (exact) mass is 397 g/mol. The van der Waals surface area contributed by atoms with E-state index in [1.807, 2.05) is 25.1 Å². The molecule has 0 amide bonds. The van der Waals surface area contributed by atoms with Crippen LogP contribution in [0.1, 0.15) is 29.5 Å². The summed E-state index contributed by atoms with van der Waals surface area (Å²) in [5.74, 6) is 2.63. The fraction of sp³-hybridized carbons (Fsp3) is 0.400. The second-order valence-electron chi connectivity index (χ2n) is 7.14. The summed E-state index contributed by atoms with van der Waals surface area (Å²) in [4.78, 5) is 16.8. The second-order valence-corrected chi connectivity index (χ2v) is 7.14. The summed E-state index contributed by atoms with van der Waals surface area (Å²) >= 11 is 0. The molecule has 0 unspecified atom stereocenters. The molecular weight excluding hydrogens is 374 g/mol. The highest BCUT2D eigenvalue weighted by Gasteiger charge is 2.40. The van der Waals surface area contributed by atoms with Crippen LogP contribution in [0, 0.1) is 12.8 Å². The van der Waals surface area contributed by atoms with Crippen LogP contribution in [0.5, 0.6) is 11.6 Å². The molecule has 1 fully saturated rings. The van der Waals surface area contributed by atoms with Gasteiger partial charge in [0.25, 0.3) is 5.56 Å². The molecule has 3 heterocycles. The molecule has 1 aliphatic rings. The number of hydrogen-bond acceptors (Lipinski definition) is 8. The molecule has 4 rings (SSSR count). The lowest BCUT2D eigenvalue weighted by Gasteiger charge is -2.10. The number of anilines is 1. The van der Waals surface area contributed by atoms with Crippen molar-refractivity contribution in [3.63, 3.8) is 0 Å². The van der Waals surface area contributed by atoms with Crippen LogP contribution in [0.3, 0.4) is 0 Å². The van der Waals surface area contributed by atoms with Crippen molar-refractivity contribution in [1.29, 1.82) is 0 Å². The van der Waals surface area contributed by atoms with Crippen molar-refractivity contribution in [3.05, 3.63) is 58.0 Å². The molecule has 0 aromatic carbocycles. The fourth-order valence-corrected chi connectivity index (χ4v) is 3.18. The van der Waals surface area contributed by atoms with Crippen molar-refractivity contribution in [2.45, 2.75) is 25.8 Å². The molecule has 0 spiro atoms. The van der Waals surface area contributed by atoms with E-state index in [1.165, 1.54) is 4.68 Å². The standard InChI is InChI=1S/C20H23N5O4/c1-12-6-14(24-29-12)9-21-18-8-19(23-25(2)20(18)26)28-11-13-7-16(13)17-5-4-15(27-3)10-22-17/h4-6,8,10,13,16,21H,7,9,11H2,1-3H3/t13-,16+/m1/s1. The molecule has 9 heteroatoms. The summed E-state index contributed by atoms with van der Waals surface area (Å²) in [6.07, 6.45) is 2.75. The largest absolute Gasteiger partial charge is 0.495 e. The minimum atomic E-state index is -0.232. The zero-order valence-corrected chi connectivity index (χ0v) is 16.6. The first-order valence-corrected chi connectivity index (χ1v) is 9.40. The fourth-order valence-electron chi connectivity index (χ4n) is 3.18. The van der Waals surface area contributed by atoms with Crippen molar-refractivity contribution in [3.8, 4) is 11.6 Å². The molecule has 0 bridgehead atoms. The molecule has 0 saturated heterocycles. The van der Waals surface area contributed by atoms with E-state index in [1.54, 1.807) is 26.4 Å². The highest BCUT2D eigenvalue weighted by Crippen LogP contribution is 2.46. The maximum absolute atomic E-state index is 12.3. The number of rotatable bonds is 8. The number of aryl methyl sites for hydroxylation is 2. The molecule has 3 aromatic rings. The van der Waals surface area contributed by atoms with Crippen LogP contribution < -0.4 is 20.3 Å². The van der Waals surface area contributed by atoms with Gasteiger partial charge in [0.2, 0.25) is 5.88 Å². The first kappa shape index (κ1) is 19.0. The van der Waals surface area contributed by atoms with Crippen LogP contribution in [0.2, 0.25) is 0 Å². The summed E-state index contributed by atoms with van der Waals surface area (Å²) in [7, 11) is 3.22. The highest BCUT2D eigenvalue weighted by molar-refractivity contribution is 5.43. The minimum Gasteiger partial charge on any atom is -0.495 e. The molecule has 9 nitrogen and oxygen atoms in total. The number of hydrogen-bond donors (Lipinski definition) is 1. The Hall–Kier alpha value is -3.36. The quantitative estimate of drug-likeness (QED) is 0.617. The lowest BCUT2D eigenvalue weighted by Crippen LogP contribution is -2.24. The average Bonchev–Trinajstić information content (AvgIpc) is 3.39. The van der Waals surface area contributed by atoms with Gasteiger partial charge in [0.1, 0.15) is 22.9 Å². The van der Waals surface area contributed by atoms with E-state index >= 15 is 0 Å². The number of methoxy groups -OCH3 is 1. The van der Waals surface area contributed by atoms with Crippen LogP contribution in [0.25, 0.3) is 0 Å². The first-order valence-electron chi connectivity index (χ1n) is 9.40. The van der Waals surface area contributed by atoms with Gasteiger partial charge in [0.05, 0.1) is 26.5 Å². The number of pyridine rings is 1. The van der Waals surface area contributed by atoms with E-state index in [0.29, 0.717) is 36.6 Å². The Morgan fingerprint density at radius 3 is 2.90 bits per heavy atom. The number of ether oxygens (including phenoxy) is 2. The van der Waals surface area contributed by atoms with Crippen LogP contribution in [-0.4, -0.2) is 33.6 Å². The van der Waals surface area contributed by atoms with Crippen LogP contribution in [-0.2, 0) is 13.6 Å². The third-order valence-electron chi connectivity index (χ3n) is 4.92. The van der Waals surface area contributed by atoms with E-state index in [4.69, 9.17) is 14.0 Å². The summed E-state index contributed by atoms with van der Waals surface area (Å²) in [5.41, 5.74) is 1.93. The van der Waals surface area contributed by atoms with Gasteiger partial charge in [-0.2, -0.15) is 0 Å². The Bertz CT molecular complexity index is 1040. The van der Waals surface area contributed by atoms with Gasteiger partial charge in [-0.25, -0.2) is 4.68 Å². The molecule has 29 heavy (non-hydrogen) atoms. The number of nitrogens with one attached hydrogen (secondary N) is 1. The summed E-state index contributed by atoms with van der Waals surface area (Å²) in [6, 6.07) is 7.35. The third kappa shape index (κ3) is 4.39. The lowest BCUT2D eigenvalue weighted by atomic mass is 10.2. The van der Waals surface area contributed by atoms with Crippen LogP contribution in [0.4, 0.5) is 5.69 Å². The Kier molecular flexibility index (Phi) is 5.20. The van der Waals surface area contributed by atoms with Crippen molar-refractivity contribution in [2.75, 3.05) is 19.0 Å². The minimum absolute atomic E-state index is 0.232. The van der Waals surface area contributed by atoms with Gasteiger partial charge in [-0.15, -0.1) is 5.10 Å². The normalized spacial score (nSPS) is 17.8. The molecule has 3 aromatic heterocycles. The third-order valence-corrected chi connectivity index (χ3v) is 4.92. The number of nitrogens with zero attached hydrogens (tertiary/aromatic N) is 4. The number of aromatic nitrogens is 4. The predicted octanol–water partition coefficient (Wildman–Crippen LogP) is 2.27. The van der Waals surface area contributed by atoms with Gasteiger partial charge in [-0.05, 0) is 25.5 Å². The summed E-state index contributed by atoms with van der Waals surface area (Å²) < 4.78 is 17.3. The molecule has 2 atom stereocenters. The zero-order valence-electron chi connectivity index (χ0n) is 16.6. The zero-order chi connectivity index (χ0) is 20.4. The van der Waals surface area contributed by atoms with Gasteiger partial charge >= 0.3 is 0 Å². The second kappa shape index (κ2) is 7.94. The van der Waals surface area contributed by atoms with Crippen molar-refractivity contribution >= 4 is 5.69 Å². The maximum atomic E-state index is 12.3. The van der Waals surface area contributed by atoms with E-state index in [-0.39, 0.29) is 5.56 Å². The van der Waals surface area contributed by atoms with Crippen molar-refractivity contribution in [2.24, 2.45) is 13.0 Å². The Morgan fingerprint density at radius 1 is 1.34 bits per heavy atom. The molecule has 1 saturated carbocycles. The van der Waals surface area contributed by atoms with E-state index < -0.39 is 0 Å². The maximum Gasteiger partial charge on any atom is 0.290 e. The van der Waals surface area contributed by atoms with E-state index in [2.05, 4.69) is 20.6 Å². The van der Waals surface area contributed by atoms with Gasteiger partial charge in [-0.1, -0.05) is 5.16 Å². The molecule has 152 valence electrons. The van der Waals surface area contributed by atoms with Gasteiger partial charge in [0, 0.05) is 36.7 Å². The SMILES string of the molecule is COc1ccc([C@H]2C[C@@H]2COc2cc(NCc3cc(C)on3)c(=O)n(C)n2)nc1. The molecule has 1 aliphatic carbocycles. The molecule has 0 aliphatic heterocycles. The van der Waals surface area contributed by atoms with Gasteiger partial charge in [0.15, 0.2) is 0 Å². The lowest BCUT2D eigenvalue weighted by molar-refractivity contribution is 0.278. The van der Waals surface area contributed by atoms with Gasteiger partial charge < -0.3 is 19.3 Å². The van der Waals surface area contributed by atoms with Crippen LogP contribution >= 0.6 is 0 Å². The van der Waals surface area contributed by atoms with E-state index in [0.717, 1.165) is 29.3 Å². The smallest absolute Gasteiger partial charge is 0.290 e. The predicted molar refractivity (Wildman–Crippen MR) is 105 cm³/mol. The Labute approximate surface area is 167 Å². The van der Waals surface area contributed by atoms with Crippen molar-refractivity contribution in [1.82, 2.24) is 19.9 Å². The summed E-state index contributed by atoms with van der Waals surface area (Å²) in [5, 5.41) is 11.2. The Balaban J connectivity index is 1.36. The van der Waals surface area contributed by atoms with E-state index in [9.17, 15) is 4.79 Å². The highest BCUT2D eigenvalue weighted by atomic mass is 16.5.